The summed E-state index contributed by atoms with van der Waals surface area (Å²) in [6.07, 6.45) is 2.63. The van der Waals surface area contributed by atoms with E-state index in [0.717, 1.165) is 19.3 Å². The zero-order valence-electron chi connectivity index (χ0n) is 8.35. The van der Waals surface area contributed by atoms with Gasteiger partial charge in [-0.25, -0.2) is 0 Å². The molecule has 0 amide bonds. The standard InChI is InChI=1S/C9H15N3O2/c1-2-14-9(13)8-4-3-7(5-8)6-11-12-10/h7-8H,2-6H2,1H3. The molecule has 1 aliphatic rings. The average Bonchev–Trinajstić information content (AvgIpc) is 2.63. The Labute approximate surface area is 83.1 Å². The van der Waals surface area contributed by atoms with Crippen molar-refractivity contribution < 1.29 is 9.53 Å². The molecule has 0 saturated heterocycles. The van der Waals surface area contributed by atoms with Gasteiger partial charge in [0.2, 0.25) is 0 Å². The Balaban J connectivity index is 2.33. The van der Waals surface area contributed by atoms with E-state index >= 15 is 0 Å². The Kier molecular flexibility index (Phi) is 4.26. The molecule has 0 N–H and O–H groups in total. The van der Waals surface area contributed by atoms with E-state index in [-0.39, 0.29) is 11.9 Å². The third kappa shape index (κ3) is 2.92. The third-order valence-electron chi connectivity index (χ3n) is 2.56. The first-order chi connectivity index (χ1) is 6.77. The number of carbonyl (C=O) groups is 1. The molecular weight excluding hydrogens is 182 g/mol. The largest absolute Gasteiger partial charge is 0.466 e. The molecule has 5 heteroatoms. The molecule has 0 aromatic carbocycles. The highest BCUT2D eigenvalue weighted by molar-refractivity contribution is 5.72. The summed E-state index contributed by atoms with van der Waals surface area (Å²) in [6, 6.07) is 0. The van der Waals surface area contributed by atoms with Crippen molar-refractivity contribution in [2.24, 2.45) is 17.0 Å². The molecule has 0 aromatic heterocycles. The van der Waals surface area contributed by atoms with Gasteiger partial charge in [-0.05, 0) is 37.6 Å². The highest BCUT2D eigenvalue weighted by atomic mass is 16.5. The van der Waals surface area contributed by atoms with Crippen LogP contribution in [0.4, 0.5) is 0 Å². The lowest BCUT2D eigenvalue weighted by Crippen LogP contribution is -2.15. The van der Waals surface area contributed by atoms with Crippen LogP contribution in [0.2, 0.25) is 0 Å². The minimum absolute atomic E-state index is 0.0221. The quantitative estimate of drug-likeness (QED) is 0.300. The van der Waals surface area contributed by atoms with Gasteiger partial charge >= 0.3 is 5.97 Å². The maximum Gasteiger partial charge on any atom is 0.308 e. The monoisotopic (exact) mass is 197 g/mol. The zero-order valence-corrected chi connectivity index (χ0v) is 8.35. The Hall–Kier alpha value is -1.22. The Morgan fingerprint density at radius 3 is 3.07 bits per heavy atom. The summed E-state index contributed by atoms with van der Waals surface area (Å²) < 4.78 is 4.94. The smallest absolute Gasteiger partial charge is 0.308 e. The SMILES string of the molecule is CCOC(=O)C1CCC(CN=[N+]=[N-])C1. The van der Waals surface area contributed by atoms with Crippen LogP contribution in [0, 0.1) is 11.8 Å². The normalized spacial score (nSPS) is 25.5. The van der Waals surface area contributed by atoms with Crippen LogP contribution in [0.3, 0.4) is 0 Å². The molecule has 0 heterocycles. The van der Waals surface area contributed by atoms with E-state index < -0.39 is 0 Å². The summed E-state index contributed by atoms with van der Waals surface area (Å²) in [5.74, 6) is 0.282. The van der Waals surface area contributed by atoms with Gasteiger partial charge < -0.3 is 4.74 Å². The van der Waals surface area contributed by atoms with Crippen LogP contribution in [0.15, 0.2) is 5.11 Å². The number of azide groups is 1. The van der Waals surface area contributed by atoms with Gasteiger partial charge in [-0.15, -0.1) is 0 Å². The van der Waals surface area contributed by atoms with Crippen molar-refractivity contribution in [1.82, 2.24) is 0 Å². The molecule has 14 heavy (non-hydrogen) atoms. The number of rotatable bonds is 4. The fourth-order valence-corrected chi connectivity index (χ4v) is 1.87. The van der Waals surface area contributed by atoms with Crippen LogP contribution in [0.1, 0.15) is 26.2 Å². The molecule has 78 valence electrons. The molecule has 1 saturated carbocycles. The van der Waals surface area contributed by atoms with Crippen LogP contribution in [-0.2, 0) is 9.53 Å². The van der Waals surface area contributed by atoms with Crippen molar-refractivity contribution in [1.29, 1.82) is 0 Å². The van der Waals surface area contributed by atoms with Gasteiger partial charge in [-0.2, -0.15) is 0 Å². The van der Waals surface area contributed by atoms with E-state index in [9.17, 15) is 4.79 Å². The number of hydrogen-bond acceptors (Lipinski definition) is 3. The Bertz CT molecular complexity index is 248. The van der Waals surface area contributed by atoms with Crippen molar-refractivity contribution in [3.05, 3.63) is 10.4 Å². The fourth-order valence-electron chi connectivity index (χ4n) is 1.87. The summed E-state index contributed by atoms with van der Waals surface area (Å²) in [7, 11) is 0. The molecule has 0 spiro atoms. The van der Waals surface area contributed by atoms with Crippen LogP contribution >= 0.6 is 0 Å². The highest BCUT2D eigenvalue weighted by Gasteiger charge is 2.30. The topological polar surface area (TPSA) is 75.1 Å². The predicted molar refractivity (Wildman–Crippen MR) is 51.5 cm³/mol. The van der Waals surface area contributed by atoms with Crippen LogP contribution in [0.25, 0.3) is 10.4 Å². The lowest BCUT2D eigenvalue weighted by molar-refractivity contribution is -0.147. The van der Waals surface area contributed by atoms with E-state index in [1.54, 1.807) is 0 Å². The minimum Gasteiger partial charge on any atom is -0.466 e. The Morgan fingerprint density at radius 1 is 1.64 bits per heavy atom. The van der Waals surface area contributed by atoms with Crippen molar-refractivity contribution in [3.63, 3.8) is 0 Å². The van der Waals surface area contributed by atoms with Crippen molar-refractivity contribution in [2.75, 3.05) is 13.2 Å². The molecule has 0 bridgehead atoms. The van der Waals surface area contributed by atoms with Crippen LogP contribution in [-0.4, -0.2) is 19.1 Å². The molecule has 0 aliphatic heterocycles. The summed E-state index contributed by atoms with van der Waals surface area (Å²) >= 11 is 0. The molecule has 2 atom stereocenters. The predicted octanol–water partition coefficient (Wildman–Crippen LogP) is 2.28. The number of nitrogens with zero attached hydrogens (tertiary/aromatic N) is 3. The van der Waals surface area contributed by atoms with Gasteiger partial charge in [0, 0.05) is 11.5 Å². The summed E-state index contributed by atoms with van der Waals surface area (Å²) in [6.45, 7) is 2.76. The summed E-state index contributed by atoms with van der Waals surface area (Å²) in [5.41, 5.74) is 8.15. The summed E-state index contributed by atoms with van der Waals surface area (Å²) in [4.78, 5) is 14.1. The third-order valence-corrected chi connectivity index (χ3v) is 2.56. The molecule has 2 unspecified atom stereocenters. The second-order valence-electron chi connectivity index (χ2n) is 3.54. The van der Waals surface area contributed by atoms with Gasteiger partial charge in [0.1, 0.15) is 0 Å². The first-order valence-electron chi connectivity index (χ1n) is 4.95. The maximum absolute atomic E-state index is 11.3. The first-order valence-corrected chi connectivity index (χ1v) is 4.95. The van der Waals surface area contributed by atoms with Crippen molar-refractivity contribution in [2.45, 2.75) is 26.2 Å². The van der Waals surface area contributed by atoms with Gasteiger partial charge in [-0.1, -0.05) is 5.11 Å². The summed E-state index contributed by atoms with van der Waals surface area (Å²) in [5, 5.41) is 3.52. The first kappa shape index (κ1) is 10.9. The molecule has 5 nitrogen and oxygen atoms in total. The number of hydrogen-bond donors (Lipinski definition) is 0. The zero-order chi connectivity index (χ0) is 10.4. The van der Waals surface area contributed by atoms with E-state index in [1.807, 2.05) is 6.92 Å². The minimum atomic E-state index is -0.101. The highest BCUT2D eigenvalue weighted by Crippen LogP contribution is 2.31. The van der Waals surface area contributed by atoms with E-state index in [2.05, 4.69) is 10.0 Å². The van der Waals surface area contributed by atoms with Crippen molar-refractivity contribution >= 4 is 5.97 Å². The second-order valence-corrected chi connectivity index (χ2v) is 3.54. The molecule has 1 rings (SSSR count). The molecule has 1 fully saturated rings. The van der Waals surface area contributed by atoms with Gasteiger partial charge in [-0.3, -0.25) is 4.79 Å². The lowest BCUT2D eigenvalue weighted by atomic mass is 10.1. The van der Waals surface area contributed by atoms with E-state index in [1.165, 1.54) is 0 Å². The Morgan fingerprint density at radius 2 is 2.43 bits per heavy atom. The maximum atomic E-state index is 11.3. The van der Waals surface area contributed by atoms with Crippen molar-refractivity contribution in [3.8, 4) is 0 Å². The van der Waals surface area contributed by atoms with Gasteiger partial charge in [0.05, 0.1) is 12.5 Å². The molecule has 1 aliphatic carbocycles. The number of carbonyl (C=O) groups excluding carboxylic acids is 1. The average molecular weight is 197 g/mol. The fraction of sp³-hybridized carbons (Fsp3) is 0.889. The van der Waals surface area contributed by atoms with Crippen LogP contribution in [0.5, 0.6) is 0 Å². The number of ether oxygens (including phenoxy) is 1. The second kappa shape index (κ2) is 5.50. The van der Waals surface area contributed by atoms with E-state index in [4.69, 9.17) is 10.3 Å². The molecule has 0 radical (unpaired) electrons. The molecular formula is C9H15N3O2. The number of esters is 1. The van der Waals surface area contributed by atoms with Gasteiger partial charge in [0.15, 0.2) is 0 Å². The van der Waals surface area contributed by atoms with Gasteiger partial charge in [0.25, 0.3) is 0 Å². The lowest BCUT2D eigenvalue weighted by Gasteiger charge is -2.08. The van der Waals surface area contributed by atoms with E-state index in [0.29, 0.717) is 19.1 Å². The molecule has 0 aromatic rings. The van der Waals surface area contributed by atoms with Crippen LogP contribution < -0.4 is 0 Å².